The fourth-order valence-corrected chi connectivity index (χ4v) is 2.85. The first-order valence-electron chi connectivity index (χ1n) is 7.94. The molecule has 0 aliphatic carbocycles. The number of carbonyl (C=O) groups is 1. The van der Waals surface area contributed by atoms with E-state index in [9.17, 15) is 4.79 Å². The van der Waals surface area contributed by atoms with Gasteiger partial charge in [0.1, 0.15) is 0 Å². The van der Waals surface area contributed by atoms with E-state index in [1.165, 1.54) is 16.5 Å². The largest absolute Gasteiger partial charge is 0.396 e. The Kier molecular flexibility index (Phi) is 5.24. The van der Waals surface area contributed by atoms with Gasteiger partial charge >= 0.3 is 0 Å². The average molecular weight is 302 g/mol. The molecule has 2 N–H and O–H groups in total. The average Bonchev–Trinajstić information content (AvgIpc) is 2.82. The summed E-state index contributed by atoms with van der Waals surface area (Å²) < 4.78 is 2.10. The molecule has 1 aromatic carbocycles. The lowest BCUT2D eigenvalue weighted by Gasteiger charge is -2.29. The molecule has 0 saturated carbocycles. The van der Waals surface area contributed by atoms with Gasteiger partial charge in [0.2, 0.25) is 5.91 Å². The number of aromatic nitrogens is 1. The molecule has 1 heterocycles. The number of rotatable bonds is 7. The molecule has 0 fully saturated rings. The van der Waals surface area contributed by atoms with E-state index in [2.05, 4.69) is 28.2 Å². The zero-order valence-corrected chi connectivity index (χ0v) is 13.7. The van der Waals surface area contributed by atoms with Crippen LogP contribution < -0.4 is 5.32 Å². The van der Waals surface area contributed by atoms with E-state index in [4.69, 9.17) is 5.11 Å². The van der Waals surface area contributed by atoms with Crippen LogP contribution in [0.4, 0.5) is 0 Å². The summed E-state index contributed by atoms with van der Waals surface area (Å²) in [5.41, 5.74) is 2.08. The maximum absolute atomic E-state index is 12.2. The summed E-state index contributed by atoms with van der Waals surface area (Å²) >= 11 is 0. The van der Waals surface area contributed by atoms with Crippen molar-refractivity contribution in [3.8, 4) is 0 Å². The maximum Gasteiger partial charge on any atom is 0.220 e. The molecule has 1 aromatic heterocycles. The standard InChI is InChI=1S/C18H26N2O2/c1-4-18(2,11-12-21)19-17(22)10-9-14-13-20(3)16-8-6-5-7-15(14)16/h5-8,13,21H,4,9-12H2,1-3H3,(H,19,22). The topological polar surface area (TPSA) is 54.3 Å². The van der Waals surface area contributed by atoms with Crippen LogP contribution >= 0.6 is 0 Å². The molecule has 1 amide bonds. The van der Waals surface area contributed by atoms with Gasteiger partial charge in [-0.2, -0.15) is 0 Å². The van der Waals surface area contributed by atoms with Gasteiger partial charge in [-0.15, -0.1) is 0 Å². The first-order chi connectivity index (χ1) is 10.5. The molecule has 2 rings (SSSR count). The highest BCUT2D eigenvalue weighted by Crippen LogP contribution is 2.22. The van der Waals surface area contributed by atoms with Crippen molar-refractivity contribution in [1.82, 2.24) is 9.88 Å². The van der Waals surface area contributed by atoms with Crippen LogP contribution in [0.5, 0.6) is 0 Å². The van der Waals surface area contributed by atoms with E-state index in [1.54, 1.807) is 0 Å². The molecule has 2 aromatic rings. The smallest absolute Gasteiger partial charge is 0.220 e. The van der Waals surface area contributed by atoms with Gasteiger partial charge in [0.25, 0.3) is 0 Å². The minimum Gasteiger partial charge on any atom is -0.396 e. The number of nitrogens with one attached hydrogen (secondary N) is 1. The minimum absolute atomic E-state index is 0.0470. The van der Waals surface area contributed by atoms with E-state index in [1.807, 2.05) is 33.0 Å². The number of aryl methyl sites for hydroxylation is 2. The Morgan fingerprint density at radius 1 is 1.36 bits per heavy atom. The Bertz CT molecular complexity index is 648. The fourth-order valence-electron chi connectivity index (χ4n) is 2.85. The molecule has 0 saturated heterocycles. The van der Waals surface area contributed by atoms with Gasteiger partial charge in [-0.1, -0.05) is 25.1 Å². The van der Waals surface area contributed by atoms with Gasteiger partial charge in [0.15, 0.2) is 0 Å². The summed E-state index contributed by atoms with van der Waals surface area (Å²) in [6, 6.07) is 8.25. The molecular weight excluding hydrogens is 276 g/mol. The van der Waals surface area contributed by atoms with Crippen molar-refractivity contribution < 1.29 is 9.90 Å². The molecular formula is C18H26N2O2. The predicted molar refractivity (Wildman–Crippen MR) is 89.8 cm³/mol. The summed E-state index contributed by atoms with van der Waals surface area (Å²) in [5, 5.41) is 13.4. The molecule has 0 bridgehead atoms. The molecule has 0 aliphatic heterocycles. The molecule has 1 unspecified atom stereocenters. The van der Waals surface area contributed by atoms with E-state index in [0.29, 0.717) is 12.8 Å². The summed E-state index contributed by atoms with van der Waals surface area (Å²) in [4.78, 5) is 12.2. The number of fused-ring (bicyclic) bond motifs is 1. The van der Waals surface area contributed by atoms with Crippen LogP contribution in [0.15, 0.2) is 30.5 Å². The maximum atomic E-state index is 12.2. The van der Waals surface area contributed by atoms with Gasteiger partial charge in [-0.05, 0) is 37.8 Å². The molecule has 120 valence electrons. The number of hydrogen-bond donors (Lipinski definition) is 2. The second-order valence-corrected chi connectivity index (χ2v) is 6.22. The van der Waals surface area contributed by atoms with Crippen molar-refractivity contribution in [2.24, 2.45) is 7.05 Å². The van der Waals surface area contributed by atoms with Crippen LogP contribution in [0.25, 0.3) is 10.9 Å². The number of nitrogens with zero attached hydrogens (tertiary/aromatic N) is 1. The molecule has 0 radical (unpaired) electrons. The quantitative estimate of drug-likeness (QED) is 0.826. The lowest BCUT2D eigenvalue weighted by molar-refractivity contribution is -0.123. The number of hydrogen-bond acceptors (Lipinski definition) is 2. The molecule has 22 heavy (non-hydrogen) atoms. The minimum atomic E-state index is -0.315. The van der Waals surface area contributed by atoms with Crippen molar-refractivity contribution in [1.29, 1.82) is 0 Å². The lowest BCUT2D eigenvalue weighted by Crippen LogP contribution is -2.46. The number of carbonyl (C=O) groups excluding carboxylic acids is 1. The van der Waals surface area contributed by atoms with Gasteiger partial charge < -0.3 is 15.0 Å². The van der Waals surface area contributed by atoms with Crippen LogP contribution in [0.3, 0.4) is 0 Å². The van der Waals surface area contributed by atoms with Crippen LogP contribution in [-0.4, -0.2) is 27.7 Å². The number of benzene rings is 1. The molecule has 1 atom stereocenters. The Morgan fingerprint density at radius 2 is 2.09 bits per heavy atom. The van der Waals surface area contributed by atoms with E-state index >= 15 is 0 Å². The summed E-state index contributed by atoms with van der Waals surface area (Å²) in [6.07, 6.45) is 4.70. The van der Waals surface area contributed by atoms with Gasteiger partial charge in [0, 0.05) is 42.7 Å². The third-order valence-electron chi connectivity index (χ3n) is 4.49. The Morgan fingerprint density at radius 3 is 2.77 bits per heavy atom. The van der Waals surface area contributed by atoms with E-state index < -0.39 is 0 Å². The summed E-state index contributed by atoms with van der Waals surface area (Å²) in [5.74, 6) is 0.0470. The van der Waals surface area contributed by atoms with Crippen molar-refractivity contribution in [2.75, 3.05) is 6.61 Å². The number of para-hydroxylation sites is 1. The first kappa shape index (κ1) is 16.6. The highest BCUT2D eigenvalue weighted by Gasteiger charge is 2.23. The molecule has 4 heteroatoms. The van der Waals surface area contributed by atoms with Crippen LogP contribution in [0.2, 0.25) is 0 Å². The normalized spacial score (nSPS) is 14.0. The van der Waals surface area contributed by atoms with Crippen LogP contribution in [0, 0.1) is 0 Å². The molecule has 4 nitrogen and oxygen atoms in total. The monoisotopic (exact) mass is 302 g/mol. The number of aliphatic hydroxyl groups excluding tert-OH is 1. The Hall–Kier alpha value is -1.81. The Balaban J connectivity index is 2.01. The van der Waals surface area contributed by atoms with Gasteiger partial charge in [0.05, 0.1) is 0 Å². The highest BCUT2D eigenvalue weighted by molar-refractivity contribution is 5.85. The second-order valence-electron chi connectivity index (χ2n) is 6.22. The van der Waals surface area contributed by atoms with Crippen LogP contribution in [0.1, 0.15) is 38.7 Å². The SMILES string of the molecule is CCC(C)(CCO)NC(=O)CCc1cn(C)c2ccccc12. The third kappa shape index (κ3) is 3.69. The second kappa shape index (κ2) is 6.97. The summed E-state index contributed by atoms with van der Waals surface area (Å²) in [7, 11) is 2.03. The zero-order chi connectivity index (χ0) is 16.2. The summed E-state index contributed by atoms with van der Waals surface area (Å²) in [6.45, 7) is 4.10. The van der Waals surface area contributed by atoms with Gasteiger partial charge in [-0.3, -0.25) is 4.79 Å². The van der Waals surface area contributed by atoms with Crippen molar-refractivity contribution in [3.05, 3.63) is 36.0 Å². The number of amides is 1. The predicted octanol–water partition coefficient (Wildman–Crippen LogP) is 2.78. The van der Waals surface area contributed by atoms with Gasteiger partial charge in [-0.25, -0.2) is 0 Å². The third-order valence-corrected chi connectivity index (χ3v) is 4.49. The zero-order valence-electron chi connectivity index (χ0n) is 13.7. The number of aliphatic hydroxyl groups is 1. The van der Waals surface area contributed by atoms with Crippen LogP contribution in [-0.2, 0) is 18.3 Å². The lowest BCUT2D eigenvalue weighted by atomic mass is 9.94. The first-order valence-corrected chi connectivity index (χ1v) is 7.94. The van der Waals surface area contributed by atoms with Crippen molar-refractivity contribution in [3.63, 3.8) is 0 Å². The molecule has 0 spiro atoms. The fraction of sp³-hybridized carbons (Fsp3) is 0.500. The highest BCUT2D eigenvalue weighted by atomic mass is 16.3. The Labute approximate surface area is 132 Å². The van der Waals surface area contributed by atoms with E-state index in [0.717, 1.165) is 12.8 Å². The molecule has 0 aliphatic rings. The van der Waals surface area contributed by atoms with E-state index in [-0.39, 0.29) is 18.1 Å². The van der Waals surface area contributed by atoms with Crippen molar-refractivity contribution >= 4 is 16.8 Å². The van der Waals surface area contributed by atoms with Crippen molar-refractivity contribution in [2.45, 2.75) is 45.1 Å².